The van der Waals surface area contributed by atoms with Gasteiger partial charge in [0.15, 0.2) is 0 Å². The molecular formula is C11H19NO3. The maximum absolute atomic E-state index is 10.8. The average molecular weight is 213 g/mol. The molecule has 0 N–H and O–H groups in total. The van der Waals surface area contributed by atoms with Crippen LogP contribution >= 0.6 is 0 Å². The molecule has 0 aliphatic carbocycles. The molecule has 0 saturated carbocycles. The predicted molar refractivity (Wildman–Crippen MR) is 58.1 cm³/mol. The molecule has 0 spiro atoms. The van der Waals surface area contributed by atoms with Gasteiger partial charge in [0.05, 0.1) is 11.5 Å². The second kappa shape index (κ2) is 5.85. The Morgan fingerprint density at radius 1 is 1.67 bits per heavy atom. The average Bonchev–Trinajstić information content (AvgIpc) is 2.17. The standard InChI is InChI=1S/C11H19NO3/c1-9(2)6-11(12(13)14)7-10-4-3-5-15-8-10/h7,9-10H,3-6,8H2,1-2H3. The van der Waals surface area contributed by atoms with Gasteiger partial charge in [-0.05, 0) is 24.8 Å². The Kier molecular flexibility index (Phi) is 4.75. The molecule has 0 bridgehead atoms. The molecule has 1 heterocycles. The SMILES string of the molecule is CC(C)CC(=CC1CCCOC1)[N+](=O)[O-]. The number of hydrogen-bond donors (Lipinski definition) is 0. The van der Waals surface area contributed by atoms with Gasteiger partial charge in [-0.3, -0.25) is 10.1 Å². The summed E-state index contributed by atoms with van der Waals surface area (Å²) in [4.78, 5) is 10.5. The summed E-state index contributed by atoms with van der Waals surface area (Å²) in [5.74, 6) is 0.559. The van der Waals surface area contributed by atoms with Crippen LogP contribution in [0, 0.1) is 22.0 Å². The highest BCUT2D eigenvalue weighted by Crippen LogP contribution is 2.20. The Morgan fingerprint density at radius 3 is 2.87 bits per heavy atom. The molecule has 1 atom stereocenters. The smallest absolute Gasteiger partial charge is 0.242 e. The van der Waals surface area contributed by atoms with Crippen molar-refractivity contribution in [2.75, 3.05) is 13.2 Å². The molecule has 0 aromatic rings. The normalized spacial score (nSPS) is 23.1. The minimum Gasteiger partial charge on any atom is -0.381 e. The summed E-state index contributed by atoms with van der Waals surface area (Å²) in [7, 11) is 0. The van der Waals surface area contributed by atoms with Crippen molar-refractivity contribution in [2.45, 2.75) is 33.1 Å². The summed E-state index contributed by atoms with van der Waals surface area (Å²) in [6, 6.07) is 0. The highest BCUT2D eigenvalue weighted by atomic mass is 16.6. The predicted octanol–water partition coefficient (Wildman–Crippen LogP) is 2.62. The van der Waals surface area contributed by atoms with Crippen LogP contribution < -0.4 is 0 Å². The monoisotopic (exact) mass is 213 g/mol. The van der Waals surface area contributed by atoms with Gasteiger partial charge in [0, 0.05) is 18.9 Å². The fourth-order valence-electron chi connectivity index (χ4n) is 1.79. The van der Waals surface area contributed by atoms with Crippen molar-refractivity contribution in [3.05, 3.63) is 21.9 Å². The Bertz CT molecular complexity index is 242. The summed E-state index contributed by atoms with van der Waals surface area (Å²) in [6.07, 6.45) is 4.35. The number of hydrogen-bond acceptors (Lipinski definition) is 3. The number of ether oxygens (including phenoxy) is 1. The topological polar surface area (TPSA) is 52.4 Å². The molecule has 4 nitrogen and oxygen atoms in total. The van der Waals surface area contributed by atoms with Crippen molar-refractivity contribution in [2.24, 2.45) is 11.8 Å². The van der Waals surface area contributed by atoms with E-state index in [4.69, 9.17) is 4.74 Å². The maximum atomic E-state index is 10.8. The summed E-state index contributed by atoms with van der Waals surface area (Å²) in [5.41, 5.74) is 0.348. The Balaban J connectivity index is 2.60. The second-order valence-corrected chi connectivity index (χ2v) is 4.49. The molecule has 1 aliphatic rings. The van der Waals surface area contributed by atoms with E-state index >= 15 is 0 Å². The molecule has 1 aliphatic heterocycles. The zero-order chi connectivity index (χ0) is 11.3. The molecule has 4 heteroatoms. The number of rotatable bonds is 4. The number of allylic oxidation sites excluding steroid dienone is 1. The van der Waals surface area contributed by atoms with Gasteiger partial charge in [0.25, 0.3) is 0 Å². The van der Waals surface area contributed by atoms with Gasteiger partial charge in [-0.15, -0.1) is 0 Å². The Morgan fingerprint density at radius 2 is 2.40 bits per heavy atom. The van der Waals surface area contributed by atoms with E-state index in [0.29, 0.717) is 24.6 Å². The molecule has 0 aromatic heterocycles. The van der Waals surface area contributed by atoms with Crippen molar-refractivity contribution >= 4 is 0 Å². The highest BCUT2D eigenvalue weighted by Gasteiger charge is 2.18. The molecule has 0 amide bonds. The molecule has 1 unspecified atom stereocenters. The van der Waals surface area contributed by atoms with E-state index in [0.717, 1.165) is 19.4 Å². The lowest BCUT2D eigenvalue weighted by Crippen LogP contribution is -2.17. The lowest BCUT2D eigenvalue weighted by Gasteiger charge is -2.18. The second-order valence-electron chi connectivity index (χ2n) is 4.49. The molecule has 1 saturated heterocycles. The van der Waals surface area contributed by atoms with Gasteiger partial charge in [-0.2, -0.15) is 0 Å². The van der Waals surface area contributed by atoms with E-state index in [2.05, 4.69) is 0 Å². The van der Waals surface area contributed by atoms with Crippen LogP contribution in [0.15, 0.2) is 11.8 Å². The first kappa shape index (κ1) is 12.2. The maximum Gasteiger partial charge on any atom is 0.242 e. The zero-order valence-corrected chi connectivity index (χ0v) is 9.44. The number of nitro groups is 1. The molecule has 0 aromatic carbocycles. The van der Waals surface area contributed by atoms with Crippen molar-refractivity contribution in [3.8, 4) is 0 Å². The van der Waals surface area contributed by atoms with Crippen LogP contribution in [0.5, 0.6) is 0 Å². The van der Waals surface area contributed by atoms with Crippen LogP contribution in [-0.2, 0) is 4.74 Å². The fraction of sp³-hybridized carbons (Fsp3) is 0.818. The van der Waals surface area contributed by atoms with E-state index in [9.17, 15) is 10.1 Å². The summed E-state index contributed by atoms with van der Waals surface area (Å²) in [6.45, 7) is 5.42. The molecule has 86 valence electrons. The van der Waals surface area contributed by atoms with Crippen LogP contribution in [0.3, 0.4) is 0 Å². The van der Waals surface area contributed by atoms with Gasteiger partial charge >= 0.3 is 0 Å². The third-order valence-corrected chi connectivity index (χ3v) is 2.48. The minimum absolute atomic E-state index is 0.234. The largest absolute Gasteiger partial charge is 0.381 e. The first-order valence-electron chi connectivity index (χ1n) is 5.52. The Hall–Kier alpha value is -0.900. The molecule has 0 radical (unpaired) electrons. The molecular weight excluding hydrogens is 194 g/mol. The lowest BCUT2D eigenvalue weighted by atomic mass is 9.98. The van der Waals surface area contributed by atoms with Crippen molar-refractivity contribution in [1.82, 2.24) is 0 Å². The van der Waals surface area contributed by atoms with Gasteiger partial charge in [0.1, 0.15) is 0 Å². The van der Waals surface area contributed by atoms with Crippen LogP contribution in [-0.4, -0.2) is 18.1 Å². The van der Waals surface area contributed by atoms with Crippen molar-refractivity contribution in [3.63, 3.8) is 0 Å². The minimum atomic E-state index is -0.255. The zero-order valence-electron chi connectivity index (χ0n) is 9.44. The number of nitrogens with zero attached hydrogens (tertiary/aromatic N) is 1. The van der Waals surface area contributed by atoms with E-state index in [-0.39, 0.29) is 10.8 Å². The molecule has 1 rings (SSSR count). The van der Waals surface area contributed by atoms with E-state index < -0.39 is 0 Å². The van der Waals surface area contributed by atoms with Gasteiger partial charge < -0.3 is 4.74 Å². The van der Waals surface area contributed by atoms with Crippen LogP contribution in [0.2, 0.25) is 0 Å². The van der Waals surface area contributed by atoms with E-state index in [1.165, 1.54) is 0 Å². The van der Waals surface area contributed by atoms with Crippen molar-refractivity contribution in [1.29, 1.82) is 0 Å². The van der Waals surface area contributed by atoms with E-state index in [1.54, 1.807) is 6.08 Å². The van der Waals surface area contributed by atoms with Crippen LogP contribution in [0.4, 0.5) is 0 Å². The first-order chi connectivity index (χ1) is 7.09. The molecule has 1 fully saturated rings. The molecule has 15 heavy (non-hydrogen) atoms. The van der Waals surface area contributed by atoms with Gasteiger partial charge in [0.2, 0.25) is 5.70 Å². The lowest BCUT2D eigenvalue weighted by molar-refractivity contribution is -0.429. The third kappa shape index (κ3) is 4.42. The van der Waals surface area contributed by atoms with E-state index in [1.807, 2.05) is 13.8 Å². The first-order valence-corrected chi connectivity index (χ1v) is 5.52. The van der Waals surface area contributed by atoms with Crippen LogP contribution in [0.25, 0.3) is 0 Å². The summed E-state index contributed by atoms with van der Waals surface area (Å²) < 4.78 is 5.30. The van der Waals surface area contributed by atoms with Crippen LogP contribution in [0.1, 0.15) is 33.1 Å². The summed E-state index contributed by atoms with van der Waals surface area (Å²) in [5, 5.41) is 10.8. The Labute approximate surface area is 90.5 Å². The van der Waals surface area contributed by atoms with Gasteiger partial charge in [-0.25, -0.2) is 0 Å². The van der Waals surface area contributed by atoms with Crippen molar-refractivity contribution < 1.29 is 9.66 Å². The third-order valence-electron chi connectivity index (χ3n) is 2.48. The highest BCUT2D eigenvalue weighted by molar-refractivity contribution is 4.97. The quantitative estimate of drug-likeness (QED) is 0.533. The van der Waals surface area contributed by atoms with Gasteiger partial charge in [-0.1, -0.05) is 13.8 Å². The fourth-order valence-corrected chi connectivity index (χ4v) is 1.79. The summed E-state index contributed by atoms with van der Waals surface area (Å²) >= 11 is 0.